The van der Waals surface area contributed by atoms with Gasteiger partial charge in [-0.3, -0.25) is 0 Å². The smallest absolute Gasteiger partial charge is 0.176 e. The van der Waals surface area contributed by atoms with Gasteiger partial charge in [-0.1, -0.05) is 25.1 Å². The summed E-state index contributed by atoms with van der Waals surface area (Å²) >= 11 is 0. The maximum atomic E-state index is 5.36. The van der Waals surface area contributed by atoms with Crippen molar-refractivity contribution in [2.24, 2.45) is 0 Å². The lowest BCUT2D eigenvalue weighted by molar-refractivity contribution is 0.457. The molecule has 0 aliphatic heterocycles. The number of hydrogen-bond acceptors (Lipinski definition) is 3. The Morgan fingerprint density at radius 2 is 2.06 bits per heavy atom. The molecular weight excluding hydrogens is 226 g/mol. The van der Waals surface area contributed by atoms with E-state index in [1.807, 2.05) is 12.3 Å². The molecule has 3 aromatic rings. The zero-order chi connectivity index (χ0) is 12.7. The highest BCUT2D eigenvalue weighted by Crippen LogP contribution is 2.30. The highest BCUT2D eigenvalue weighted by molar-refractivity contribution is 5.92. The summed E-state index contributed by atoms with van der Waals surface area (Å²) in [6, 6.07) is 4.12. The summed E-state index contributed by atoms with van der Waals surface area (Å²) in [5, 5.41) is 4.93. The molecule has 1 aromatic carbocycles. The van der Waals surface area contributed by atoms with E-state index in [2.05, 4.69) is 42.0 Å². The van der Waals surface area contributed by atoms with E-state index in [4.69, 9.17) is 4.52 Å². The minimum absolute atomic E-state index is 0.384. The monoisotopic (exact) mass is 241 g/mol. The molecule has 0 radical (unpaired) electrons. The third-order valence-electron chi connectivity index (χ3n) is 3.17. The molecule has 1 N–H and O–H groups in total. The van der Waals surface area contributed by atoms with Crippen LogP contribution in [0.15, 0.2) is 29.0 Å². The number of hydrogen-bond donors (Lipinski definition) is 1. The van der Waals surface area contributed by atoms with Crippen LogP contribution >= 0.6 is 0 Å². The second kappa shape index (κ2) is 3.98. The van der Waals surface area contributed by atoms with Gasteiger partial charge in [-0.2, -0.15) is 0 Å². The van der Waals surface area contributed by atoms with Crippen LogP contribution in [0.5, 0.6) is 0 Å². The number of benzene rings is 1. The molecule has 4 nitrogen and oxygen atoms in total. The lowest BCUT2D eigenvalue weighted by Gasteiger charge is -2.01. The van der Waals surface area contributed by atoms with Gasteiger partial charge >= 0.3 is 0 Å². The van der Waals surface area contributed by atoms with Crippen molar-refractivity contribution in [3.05, 3.63) is 35.9 Å². The molecule has 0 aliphatic rings. The van der Waals surface area contributed by atoms with E-state index < -0.39 is 0 Å². The lowest BCUT2D eigenvalue weighted by atomic mass is 10.1. The SMILES string of the molecule is Cc1ccc(-c2cnc(C(C)C)[nH]2)c2oncc12. The van der Waals surface area contributed by atoms with Crippen molar-refractivity contribution in [1.29, 1.82) is 0 Å². The van der Waals surface area contributed by atoms with Crippen molar-refractivity contribution in [1.82, 2.24) is 15.1 Å². The average Bonchev–Trinajstić information content (AvgIpc) is 2.98. The highest BCUT2D eigenvalue weighted by Gasteiger charge is 2.13. The Morgan fingerprint density at radius 1 is 1.22 bits per heavy atom. The fourth-order valence-corrected chi connectivity index (χ4v) is 2.07. The van der Waals surface area contributed by atoms with Crippen molar-refractivity contribution >= 4 is 11.0 Å². The van der Waals surface area contributed by atoms with E-state index in [0.29, 0.717) is 5.92 Å². The topological polar surface area (TPSA) is 54.7 Å². The van der Waals surface area contributed by atoms with E-state index in [0.717, 1.165) is 28.1 Å². The number of nitrogens with one attached hydrogen (secondary N) is 1. The fourth-order valence-electron chi connectivity index (χ4n) is 2.07. The third-order valence-corrected chi connectivity index (χ3v) is 3.17. The molecule has 3 rings (SSSR count). The summed E-state index contributed by atoms with van der Waals surface area (Å²) in [5.74, 6) is 1.37. The molecule has 2 heterocycles. The number of H-pyrrole nitrogens is 1. The van der Waals surface area contributed by atoms with Gasteiger partial charge in [0.05, 0.1) is 18.1 Å². The van der Waals surface area contributed by atoms with E-state index >= 15 is 0 Å². The Morgan fingerprint density at radius 3 is 2.78 bits per heavy atom. The predicted octanol–water partition coefficient (Wildman–Crippen LogP) is 3.65. The summed E-state index contributed by atoms with van der Waals surface area (Å²) in [7, 11) is 0. The molecule has 0 amide bonds. The number of aryl methyl sites for hydroxylation is 1. The summed E-state index contributed by atoms with van der Waals surface area (Å²) < 4.78 is 5.36. The van der Waals surface area contributed by atoms with Crippen molar-refractivity contribution in [3.63, 3.8) is 0 Å². The molecule has 0 saturated heterocycles. The minimum Gasteiger partial charge on any atom is -0.356 e. The van der Waals surface area contributed by atoms with Crippen LogP contribution in [-0.4, -0.2) is 15.1 Å². The van der Waals surface area contributed by atoms with Gasteiger partial charge in [-0.05, 0) is 18.6 Å². The normalized spacial score (nSPS) is 11.6. The van der Waals surface area contributed by atoms with Gasteiger partial charge in [-0.15, -0.1) is 0 Å². The standard InChI is InChI=1S/C14H15N3O/c1-8(2)14-15-7-12(17-14)10-5-4-9(3)11-6-16-18-13(10)11/h4-8H,1-3H3,(H,15,17). The molecule has 0 saturated carbocycles. The van der Waals surface area contributed by atoms with Crippen LogP contribution in [0.3, 0.4) is 0 Å². The van der Waals surface area contributed by atoms with E-state index in [-0.39, 0.29) is 0 Å². The Hall–Kier alpha value is -2.10. The summed E-state index contributed by atoms with van der Waals surface area (Å²) in [6.07, 6.45) is 3.61. The van der Waals surface area contributed by atoms with Gasteiger partial charge in [0, 0.05) is 16.9 Å². The molecule has 2 aromatic heterocycles. The Bertz CT molecular complexity index is 694. The zero-order valence-corrected chi connectivity index (χ0v) is 10.7. The second-order valence-corrected chi connectivity index (χ2v) is 4.84. The van der Waals surface area contributed by atoms with Gasteiger partial charge in [0.1, 0.15) is 5.82 Å². The van der Waals surface area contributed by atoms with Crippen LogP contribution in [0.25, 0.3) is 22.2 Å². The molecule has 0 unspecified atom stereocenters. The molecule has 0 spiro atoms. The predicted molar refractivity (Wildman–Crippen MR) is 70.4 cm³/mol. The van der Waals surface area contributed by atoms with Crippen LogP contribution in [0, 0.1) is 6.92 Å². The Labute approximate surface area is 105 Å². The fraction of sp³-hybridized carbons (Fsp3) is 0.286. The first-order valence-corrected chi connectivity index (χ1v) is 6.06. The first-order chi connectivity index (χ1) is 8.66. The summed E-state index contributed by atoms with van der Waals surface area (Å²) in [5.41, 5.74) is 3.96. The summed E-state index contributed by atoms with van der Waals surface area (Å²) in [6.45, 7) is 6.28. The highest BCUT2D eigenvalue weighted by atomic mass is 16.5. The van der Waals surface area contributed by atoms with Gasteiger partial charge in [-0.25, -0.2) is 4.98 Å². The van der Waals surface area contributed by atoms with Crippen LogP contribution in [0.4, 0.5) is 0 Å². The van der Waals surface area contributed by atoms with E-state index in [1.54, 1.807) is 6.20 Å². The lowest BCUT2D eigenvalue weighted by Crippen LogP contribution is -1.89. The maximum Gasteiger partial charge on any atom is 0.176 e. The third kappa shape index (κ3) is 1.61. The first-order valence-electron chi connectivity index (χ1n) is 6.06. The van der Waals surface area contributed by atoms with Gasteiger partial charge < -0.3 is 9.51 Å². The summed E-state index contributed by atoms with van der Waals surface area (Å²) in [4.78, 5) is 7.72. The number of rotatable bonds is 2. The second-order valence-electron chi connectivity index (χ2n) is 4.84. The van der Waals surface area contributed by atoms with Crippen LogP contribution < -0.4 is 0 Å². The van der Waals surface area contributed by atoms with Gasteiger partial charge in [0.2, 0.25) is 0 Å². The van der Waals surface area contributed by atoms with Crippen LogP contribution in [-0.2, 0) is 0 Å². The van der Waals surface area contributed by atoms with Crippen molar-refractivity contribution in [3.8, 4) is 11.3 Å². The van der Waals surface area contributed by atoms with Crippen molar-refractivity contribution < 1.29 is 4.52 Å². The molecule has 18 heavy (non-hydrogen) atoms. The van der Waals surface area contributed by atoms with Crippen molar-refractivity contribution in [2.45, 2.75) is 26.7 Å². The quantitative estimate of drug-likeness (QED) is 0.745. The first kappa shape index (κ1) is 11.0. The molecule has 92 valence electrons. The maximum absolute atomic E-state index is 5.36. The Balaban J connectivity index is 2.19. The van der Waals surface area contributed by atoms with E-state index in [1.165, 1.54) is 5.56 Å². The number of nitrogens with zero attached hydrogens (tertiary/aromatic N) is 2. The number of fused-ring (bicyclic) bond motifs is 1. The Kier molecular flexibility index (Phi) is 2.44. The minimum atomic E-state index is 0.384. The van der Waals surface area contributed by atoms with Crippen molar-refractivity contribution in [2.75, 3.05) is 0 Å². The largest absolute Gasteiger partial charge is 0.356 e. The molecule has 4 heteroatoms. The molecule has 0 aliphatic carbocycles. The number of aromatic nitrogens is 3. The van der Waals surface area contributed by atoms with Gasteiger partial charge in [0.25, 0.3) is 0 Å². The van der Waals surface area contributed by atoms with Crippen LogP contribution in [0.1, 0.15) is 31.2 Å². The van der Waals surface area contributed by atoms with Gasteiger partial charge in [0.15, 0.2) is 5.58 Å². The number of imidazole rings is 1. The molecule has 0 fully saturated rings. The number of aromatic amines is 1. The zero-order valence-electron chi connectivity index (χ0n) is 10.7. The molecule has 0 bridgehead atoms. The average molecular weight is 241 g/mol. The molecule has 0 atom stereocenters. The van der Waals surface area contributed by atoms with Crippen LogP contribution in [0.2, 0.25) is 0 Å². The van der Waals surface area contributed by atoms with E-state index in [9.17, 15) is 0 Å². The molecular formula is C14H15N3O.